The van der Waals surface area contributed by atoms with Crippen LogP contribution in [0.4, 0.5) is 0 Å². The zero-order valence-corrected chi connectivity index (χ0v) is 9.58. The van der Waals surface area contributed by atoms with Crippen molar-refractivity contribution in [1.82, 2.24) is 4.90 Å². The SMILES string of the molecule is CN(CC1CC1C(=O)O)CC(C)(C)C. The third kappa shape index (κ3) is 3.66. The molecule has 0 aromatic heterocycles. The van der Waals surface area contributed by atoms with Crippen molar-refractivity contribution in [3.05, 3.63) is 0 Å². The molecule has 0 saturated heterocycles. The summed E-state index contributed by atoms with van der Waals surface area (Å²) in [5.74, 6) is -0.309. The summed E-state index contributed by atoms with van der Waals surface area (Å²) < 4.78 is 0. The van der Waals surface area contributed by atoms with Crippen LogP contribution in [0, 0.1) is 17.3 Å². The van der Waals surface area contributed by atoms with Gasteiger partial charge in [0.2, 0.25) is 0 Å². The number of aliphatic carboxylic acids is 1. The van der Waals surface area contributed by atoms with Crippen molar-refractivity contribution in [1.29, 1.82) is 0 Å². The molecule has 0 radical (unpaired) electrons. The molecule has 3 heteroatoms. The standard InChI is InChI=1S/C11H21NO2/c1-11(2,3)7-12(4)6-8-5-9(8)10(13)14/h8-9H,5-7H2,1-4H3,(H,13,14). The first-order valence-corrected chi connectivity index (χ1v) is 5.21. The van der Waals surface area contributed by atoms with Gasteiger partial charge in [0.15, 0.2) is 0 Å². The highest BCUT2D eigenvalue weighted by atomic mass is 16.4. The number of nitrogens with zero attached hydrogens (tertiary/aromatic N) is 1. The first-order chi connectivity index (χ1) is 6.29. The Morgan fingerprint density at radius 2 is 2.07 bits per heavy atom. The molecule has 14 heavy (non-hydrogen) atoms. The summed E-state index contributed by atoms with van der Waals surface area (Å²) in [6.07, 6.45) is 0.865. The molecule has 1 fully saturated rings. The second kappa shape index (κ2) is 3.89. The Balaban J connectivity index is 2.23. The van der Waals surface area contributed by atoms with Crippen molar-refractivity contribution in [3.63, 3.8) is 0 Å². The monoisotopic (exact) mass is 199 g/mol. The van der Waals surface area contributed by atoms with E-state index in [1.165, 1.54) is 0 Å². The fourth-order valence-corrected chi connectivity index (χ4v) is 2.03. The van der Waals surface area contributed by atoms with Gasteiger partial charge >= 0.3 is 5.97 Å². The van der Waals surface area contributed by atoms with E-state index in [0.717, 1.165) is 19.5 Å². The molecule has 0 aromatic carbocycles. The van der Waals surface area contributed by atoms with E-state index in [9.17, 15) is 4.79 Å². The van der Waals surface area contributed by atoms with Crippen molar-refractivity contribution in [3.8, 4) is 0 Å². The van der Waals surface area contributed by atoms with E-state index in [0.29, 0.717) is 11.3 Å². The van der Waals surface area contributed by atoms with E-state index in [2.05, 4.69) is 32.7 Å². The molecule has 3 nitrogen and oxygen atoms in total. The highest BCUT2D eigenvalue weighted by Gasteiger charge is 2.43. The van der Waals surface area contributed by atoms with Gasteiger partial charge in [0.25, 0.3) is 0 Å². The second-order valence-electron chi connectivity index (χ2n) is 5.70. The molecule has 1 saturated carbocycles. The summed E-state index contributed by atoms with van der Waals surface area (Å²) in [4.78, 5) is 12.9. The lowest BCUT2D eigenvalue weighted by Crippen LogP contribution is -2.31. The Morgan fingerprint density at radius 3 is 2.43 bits per heavy atom. The first kappa shape index (κ1) is 11.5. The Labute approximate surface area is 86.1 Å². The van der Waals surface area contributed by atoms with Crippen LogP contribution in [-0.2, 0) is 4.79 Å². The van der Waals surface area contributed by atoms with Gasteiger partial charge in [0.1, 0.15) is 0 Å². The average Bonchev–Trinajstić information content (AvgIpc) is 2.61. The van der Waals surface area contributed by atoms with Gasteiger partial charge in [0, 0.05) is 13.1 Å². The second-order valence-corrected chi connectivity index (χ2v) is 5.70. The highest BCUT2D eigenvalue weighted by Crippen LogP contribution is 2.39. The number of rotatable bonds is 4. The van der Waals surface area contributed by atoms with Gasteiger partial charge in [-0.3, -0.25) is 4.79 Å². The lowest BCUT2D eigenvalue weighted by molar-refractivity contribution is -0.138. The van der Waals surface area contributed by atoms with Gasteiger partial charge in [-0.2, -0.15) is 0 Å². The number of carboxylic acid groups (broad SMARTS) is 1. The van der Waals surface area contributed by atoms with E-state index in [1.54, 1.807) is 0 Å². The maximum absolute atomic E-state index is 10.6. The van der Waals surface area contributed by atoms with Gasteiger partial charge in [-0.25, -0.2) is 0 Å². The Bertz CT molecular complexity index is 220. The van der Waals surface area contributed by atoms with E-state index < -0.39 is 5.97 Å². The van der Waals surface area contributed by atoms with Gasteiger partial charge < -0.3 is 10.0 Å². The zero-order chi connectivity index (χ0) is 10.9. The molecule has 82 valence electrons. The van der Waals surface area contributed by atoms with E-state index >= 15 is 0 Å². The summed E-state index contributed by atoms with van der Waals surface area (Å²) >= 11 is 0. The van der Waals surface area contributed by atoms with E-state index in [-0.39, 0.29) is 5.92 Å². The molecule has 1 N–H and O–H groups in total. The van der Waals surface area contributed by atoms with Crippen LogP contribution < -0.4 is 0 Å². The summed E-state index contributed by atoms with van der Waals surface area (Å²) in [5, 5.41) is 8.75. The third-order valence-electron chi connectivity index (χ3n) is 2.53. The lowest BCUT2D eigenvalue weighted by Gasteiger charge is -2.26. The van der Waals surface area contributed by atoms with Crippen molar-refractivity contribution >= 4 is 5.97 Å². The Hall–Kier alpha value is -0.570. The molecule has 0 bridgehead atoms. The lowest BCUT2D eigenvalue weighted by atomic mass is 9.96. The van der Waals surface area contributed by atoms with Crippen LogP contribution in [0.15, 0.2) is 0 Å². The number of hydrogen-bond acceptors (Lipinski definition) is 2. The van der Waals surface area contributed by atoms with Gasteiger partial charge in [0.05, 0.1) is 5.92 Å². The van der Waals surface area contributed by atoms with Crippen LogP contribution in [0.3, 0.4) is 0 Å². The smallest absolute Gasteiger partial charge is 0.306 e. The van der Waals surface area contributed by atoms with Gasteiger partial charge in [-0.05, 0) is 24.8 Å². The molecule has 1 rings (SSSR count). The predicted molar refractivity (Wildman–Crippen MR) is 56.2 cm³/mol. The van der Waals surface area contributed by atoms with Crippen LogP contribution in [0.25, 0.3) is 0 Å². The first-order valence-electron chi connectivity index (χ1n) is 5.21. The average molecular weight is 199 g/mol. The maximum Gasteiger partial charge on any atom is 0.306 e. The zero-order valence-electron chi connectivity index (χ0n) is 9.58. The van der Waals surface area contributed by atoms with Crippen LogP contribution in [0.1, 0.15) is 27.2 Å². The molecule has 0 amide bonds. The molecule has 0 aliphatic heterocycles. The third-order valence-corrected chi connectivity index (χ3v) is 2.53. The minimum absolute atomic E-state index is 0.0718. The molecule has 2 atom stereocenters. The van der Waals surface area contributed by atoms with Crippen molar-refractivity contribution < 1.29 is 9.90 Å². The molecular formula is C11H21NO2. The minimum atomic E-state index is -0.626. The molecule has 2 unspecified atom stereocenters. The predicted octanol–water partition coefficient (Wildman–Crippen LogP) is 1.68. The maximum atomic E-state index is 10.6. The van der Waals surface area contributed by atoms with Crippen LogP contribution in [-0.4, -0.2) is 36.1 Å². The normalized spacial score (nSPS) is 26.6. The van der Waals surface area contributed by atoms with E-state index in [1.807, 2.05) is 0 Å². The number of carbonyl (C=O) groups is 1. The van der Waals surface area contributed by atoms with Crippen LogP contribution in [0.2, 0.25) is 0 Å². The molecule has 0 heterocycles. The highest BCUT2D eigenvalue weighted by molar-refractivity contribution is 5.73. The topological polar surface area (TPSA) is 40.5 Å². The van der Waals surface area contributed by atoms with E-state index in [4.69, 9.17) is 5.11 Å². The summed E-state index contributed by atoms with van der Waals surface area (Å²) in [6, 6.07) is 0. The van der Waals surface area contributed by atoms with Gasteiger partial charge in [-0.1, -0.05) is 20.8 Å². The molecule has 0 aromatic rings. The van der Waals surface area contributed by atoms with Crippen molar-refractivity contribution in [2.24, 2.45) is 17.3 Å². The largest absolute Gasteiger partial charge is 0.481 e. The molecule has 1 aliphatic rings. The summed E-state index contributed by atoms with van der Waals surface area (Å²) in [5.41, 5.74) is 0.294. The molecular weight excluding hydrogens is 178 g/mol. The van der Waals surface area contributed by atoms with Crippen molar-refractivity contribution in [2.45, 2.75) is 27.2 Å². The summed E-state index contributed by atoms with van der Waals surface area (Å²) in [7, 11) is 2.07. The molecule has 0 spiro atoms. The molecule has 1 aliphatic carbocycles. The van der Waals surface area contributed by atoms with Gasteiger partial charge in [-0.15, -0.1) is 0 Å². The van der Waals surface area contributed by atoms with Crippen LogP contribution >= 0.6 is 0 Å². The fraction of sp³-hybridized carbons (Fsp3) is 0.909. The summed E-state index contributed by atoms with van der Waals surface area (Å²) in [6.45, 7) is 8.55. The van der Waals surface area contributed by atoms with Crippen molar-refractivity contribution in [2.75, 3.05) is 20.1 Å². The quantitative estimate of drug-likeness (QED) is 0.749. The number of hydrogen-bond donors (Lipinski definition) is 1. The van der Waals surface area contributed by atoms with Crippen LogP contribution in [0.5, 0.6) is 0 Å². The number of carboxylic acids is 1. The Kier molecular flexibility index (Phi) is 3.20. The minimum Gasteiger partial charge on any atom is -0.481 e. The Morgan fingerprint density at radius 1 is 1.50 bits per heavy atom. The fourth-order valence-electron chi connectivity index (χ4n) is 2.03.